The first kappa shape index (κ1) is 23.6. The van der Waals surface area contributed by atoms with Crippen LogP contribution in [0.25, 0.3) is 33.4 Å². The molecule has 1 aliphatic heterocycles. The van der Waals surface area contributed by atoms with Crippen LogP contribution in [0.3, 0.4) is 0 Å². The predicted molar refractivity (Wildman–Crippen MR) is 130 cm³/mol. The highest BCUT2D eigenvalue weighted by Gasteiger charge is 2.40. The summed E-state index contributed by atoms with van der Waals surface area (Å²) in [5.74, 6) is -3.15. The fourth-order valence-electron chi connectivity index (χ4n) is 4.17. The molecule has 7 nitrogen and oxygen atoms in total. The molecule has 1 saturated heterocycles. The Morgan fingerprint density at radius 2 is 1.74 bits per heavy atom. The van der Waals surface area contributed by atoms with E-state index >= 15 is 8.78 Å². The molecule has 0 radical (unpaired) electrons. The molecular weight excluding hydrogens is 474 g/mol. The molecule has 2 N–H and O–H groups in total. The second-order valence-electron chi connectivity index (χ2n) is 8.07. The van der Waals surface area contributed by atoms with Gasteiger partial charge in [-0.2, -0.15) is 11.8 Å². The Kier molecular flexibility index (Phi) is 6.37. The summed E-state index contributed by atoms with van der Waals surface area (Å²) in [5, 5.41) is 21.3. The minimum atomic E-state index is -2.75. The van der Waals surface area contributed by atoms with Crippen molar-refractivity contribution >= 4 is 22.8 Å². The van der Waals surface area contributed by atoms with Crippen LogP contribution in [-0.4, -0.2) is 61.8 Å². The van der Waals surface area contributed by atoms with Crippen molar-refractivity contribution in [3.63, 3.8) is 0 Å². The van der Waals surface area contributed by atoms with Crippen LogP contribution in [-0.2, 0) is 5.91 Å². The highest BCUT2D eigenvalue weighted by molar-refractivity contribution is 7.99. The molecule has 5 rings (SSSR count). The van der Waals surface area contributed by atoms with Gasteiger partial charge in [-0.3, -0.25) is 4.98 Å². The maximum Gasteiger partial charge on any atom is 0.259 e. The third-order valence-electron chi connectivity index (χ3n) is 5.95. The minimum Gasteiger partial charge on any atom is -0.481 e. The summed E-state index contributed by atoms with van der Waals surface area (Å²) in [5.41, 5.74) is 2.12. The Morgan fingerprint density at radius 3 is 2.46 bits per heavy atom. The van der Waals surface area contributed by atoms with Gasteiger partial charge in [0.25, 0.3) is 5.91 Å². The summed E-state index contributed by atoms with van der Waals surface area (Å²) >= 11 is 1.65. The van der Waals surface area contributed by atoms with Gasteiger partial charge in [-0.1, -0.05) is 12.1 Å². The Balaban J connectivity index is 1.59. The molecule has 2 aromatic heterocycles. The molecule has 3 heterocycles. The number of nitrogens with zero attached hydrogens (tertiary/aromatic N) is 4. The topological polar surface area (TPSA) is 91.6 Å². The highest BCUT2D eigenvalue weighted by Crippen LogP contribution is 2.35. The molecule has 0 amide bonds. The van der Waals surface area contributed by atoms with Gasteiger partial charge in [0.1, 0.15) is 11.6 Å². The highest BCUT2D eigenvalue weighted by atomic mass is 32.2. The number of fused-ring (bicyclic) bond motifs is 1. The molecule has 1 aliphatic rings. The molecule has 0 bridgehead atoms. The molecule has 1 fully saturated rings. The molecule has 10 heteroatoms. The van der Waals surface area contributed by atoms with Crippen molar-refractivity contribution in [3.8, 4) is 28.3 Å². The molecule has 0 atom stereocenters. The quantitative estimate of drug-likeness (QED) is 0.404. The Labute approximate surface area is 204 Å². The number of para-hydroxylation sites is 1. The smallest absolute Gasteiger partial charge is 0.259 e. The average Bonchev–Trinajstić information content (AvgIpc) is 2.88. The molecule has 0 saturated carbocycles. The number of benzene rings is 2. The Bertz CT molecular complexity index is 1370. The molecule has 0 aliphatic carbocycles. The summed E-state index contributed by atoms with van der Waals surface area (Å²) in [6.45, 7) is 0.611. The van der Waals surface area contributed by atoms with E-state index in [2.05, 4.69) is 9.97 Å². The normalized spacial score (nSPS) is 14.9. The fraction of sp³-hybridized carbons (Fsp3) is 0.240. The summed E-state index contributed by atoms with van der Waals surface area (Å²) in [4.78, 5) is 14.5. The number of hydrogen-bond donors (Lipinski definition) is 2. The first-order valence-electron chi connectivity index (χ1n) is 10.9. The fourth-order valence-corrected chi connectivity index (χ4v) is 5.07. The summed E-state index contributed by atoms with van der Waals surface area (Å²) < 4.78 is 35.6. The van der Waals surface area contributed by atoms with Gasteiger partial charge < -0.3 is 14.9 Å². The number of halogens is 2. The van der Waals surface area contributed by atoms with Crippen LogP contribution < -0.4 is 4.74 Å². The number of rotatable bonds is 5. The number of thioether (sulfide) groups is 1. The number of hydrogen-bond acceptors (Lipinski definition) is 8. The number of aromatic nitrogens is 3. The van der Waals surface area contributed by atoms with E-state index in [0.29, 0.717) is 52.8 Å². The van der Waals surface area contributed by atoms with E-state index in [4.69, 9.17) is 9.72 Å². The van der Waals surface area contributed by atoms with E-state index in [1.54, 1.807) is 54.5 Å². The standard InChI is InChI=1S/C25H22F2N4O3S/c1-34-22-13-15(5-6-28-22)21-14-29-20-4-2-3-17(24(20)30-21)16-11-18(26)23(19(27)12-16)25(32,33)31-7-9-35-10-8-31/h2-6,11-14,32-33H,7-10H2,1H3. The lowest BCUT2D eigenvalue weighted by Crippen LogP contribution is -2.50. The van der Waals surface area contributed by atoms with E-state index < -0.39 is 23.1 Å². The van der Waals surface area contributed by atoms with Gasteiger partial charge in [0.15, 0.2) is 0 Å². The zero-order chi connectivity index (χ0) is 24.6. The summed E-state index contributed by atoms with van der Waals surface area (Å²) in [6.07, 6.45) is 3.19. The van der Waals surface area contributed by atoms with Gasteiger partial charge in [-0.15, -0.1) is 0 Å². The van der Waals surface area contributed by atoms with Crippen molar-refractivity contribution in [1.29, 1.82) is 0 Å². The minimum absolute atomic E-state index is 0.207. The van der Waals surface area contributed by atoms with Crippen LogP contribution in [0.2, 0.25) is 0 Å². The van der Waals surface area contributed by atoms with Gasteiger partial charge in [0.2, 0.25) is 5.88 Å². The van der Waals surface area contributed by atoms with Crippen LogP contribution in [0.1, 0.15) is 5.56 Å². The Hall–Kier alpha value is -3.18. The van der Waals surface area contributed by atoms with Crippen LogP contribution >= 0.6 is 11.8 Å². The van der Waals surface area contributed by atoms with Crippen LogP contribution in [0.4, 0.5) is 8.78 Å². The predicted octanol–water partition coefficient (Wildman–Crippen LogP) is 3.79. The zero-order valence-corrected chi connectivity index (χ0v) is 19.6. The lowest BCUT2D eigenvalue weighted by Gasteiger charge is -2.37. The van der Waals surface area contributed by atoms with Crippen molar-refractivity contribution in [2.45, 2.75) is 5.91 Å². The van der Waals surface area contributed by atoms with Crippen molar-refractivity contribution in [3.05, 3.63) is 72.1 Å². The first-order valence-corrected chi connectivity index (χ1v) is 12.1. The van der Waals surface area contributed by atoms with Crippen molar-refractivity contribution in [2.24, 2.45) is 0 Å². The molecule has 2 aromatic carbocycles. The third-order valence-corrected chi connectivity index (χ3v) is 6.90. The molecule has 180 valence electrons. The largest absolute Gasteiger partial charge is 0.481 e. The lowest BCUT2D eigenvalue weighted by molar-refractivity contribution is -0.276. The Morgan fingerprint density at radius 1 is 1.00 bits per heavy atom. The van der Waals surface area contributed by atoms with Crippen LogP contribution in [0.15, 0.2) is 54.9 Å². The SMILES string of the molecule is COc1cc(-c2cnc3cccc(-c4cc(F)c(C(O)(O)N5CCSCC5)c(F)c4)c3n2)ccn1. The van der Waals surface area contributed by atoms with Crippen molar-refractivity contribution in [2.75, 3.05) is 31.7 Å². The number of ether oxygens (including phenoxy) is 1. The van der Waals surface area contributed by atoms with E-state index in [9.17, 15) is 10.2 Å². The molecule has 0 unspecified atom stereocenters. The van der Waals surface area contributed by atoms with Crippen molar-refractivity contribution in [1.82, 2.24) is 19.9 Å². The second kappa shape index (κ2) is 9.46. The van der Waals surface area contributed by atoms with Crippen molar-refractivity contribution < 1.29 is 23.7 Å². The third kappa shape index (κ3) is 4.45. The first-order chi connectivity index (χ1) is 16.9. The maximum absolute atomic E-state index is 15.2. The van der Waals surface area contributed by atoms with Crippen LogP contribution in [0.5, 0.6) is 5.88 Å². The summed E-state index contributed by atoms with van der Waals surface area (Å²) in [7, 11) is 1.51. The zero-order valence-electron chi connectivity index (χ0n) is 18.8. The van der Waals surface area contributed by atoms with E-state index in [-0.39, 0.29) is 5.56 Å². The van der Waals surface area contributed by atoms with Gasteiger partial charge in [-0.25, -0.2) is 23.6 Å². The monoisotopic (exact) mass is 496 g/mol. The van der Waals surface area contributed by atoms with Gasteiger partial charge >= 0.3 is 0 Å². The van der Waals surface area contributed by atoms with E-state index in [0.717, 1.165) is 17.7 Å². The molecular formula is C25H22F2N4O3S. The molecule has 0 spiro atoms. The maximum atomic E-state index is 15.2. The number of methoxy groups -OCH3 is 1. The van der Waals surface area contributed by atoms with Crippen LogP contribution in [0, 0.1) is 11.6 Å². The van der Waals surface area contributed by atoms with E-state index in [1.807, 2.05) is 0 Å². The molecule has 35 heavy (non-hydrogen) atoms. The number of aliphatic hydroxyl groups is 2. The van der Waals surface area contributed by atoms with Gasteiger partial charge in [0.05, 0.1) is 35.6 Å². The molecule has 4 aromatic rings. The number of pyridine rings is 1. The average molecular weight is 497 g/mol. The van der Waals surface area contributed by atoms with E-state index in [1.165, 1.54) is 12.0 Å². The van der Waals surface area contributed by atoms with Gasteiger partial charge in [-0.05, 0) is 29.8 Å². The second-order valence-corrected chi connectivity index (χ2v) is 9.29. The van der Waals surface area contributed by atoms with Gasteiger partial charge in [0, 0.05) is 48.0 Å². The lowest BCUT2D eigenvalue weighted by atomic mass is 9.99. The summed E-state index contributed by atoms with van der Waals surface area (Å²) in [6, 6.07) is 10.8.